The molecule has 0 saturated carbocycles. The fraction of sp³-hybridized carbons (Fsp3) is 0.455. The van der Waals surface area contributed by atoms with Crippen LogP contribution in [0.1, 0.15) is 19.4 Å². The Morgan fingerprint density at radius 1 is 1.23 bits per heavy atom. The van der Waals surface area contributed by atoms with Crippen LogP contribution in [-0.4, -0.2) is 13.2 Å². The molecule has 0 aliphatic heterocycles. The van der Waals surface area contributed by atoms with Gasteiger partial charge in [-0.2, -0.15) is 0 Å². The van der Waals surface area contributed by atoms with E-state index in [0.29, 0.717) is 6.04 Å². The molecule has 2 nitrogen and oxygen atoms in total. The molecule has 0 spiro atoms. The van der Waals surface area contributed by atoms with Crippen molar-refractivity contribution in [3.05, 3.63) is 29.8 Å². The van der Waals surface area contributed by atoms with Gasteiger partial charge in [0, 0.05) is 0 Å². The summed E-state index contributed by atoms with van der Waals surface area (Å²) in [6.45, 7) is 6.30. The van der Waals surface area contributed by atoms with Gasteiger partial charge in [-0.15, -0.1) is 0 Å². The standard InChI is InChI=1S/C11H17NO/c1-9(2)12(13-4)11-8-6-5-7-10(11)3/h5-9H,1-4H3. The summed E-state index contributed by atoms with van der Waals surface area (Å²) in [5.74, 6) is 0. The predicted molar refractivity (Wildman–Crippen MR) is 55.8 cm³/mol. The van der Waals surface area contributed by atoms with Crippen molar-refractivity contribution < 1.29 is 4.84 Å². The van der Waals surface area contributed by atoms with E-state index in [-0.39, 0.29) is 0 Å². The van der Waals surface area contributed by atoms with E-state index < -0.39 is 0 Å². The van der Waals surface area contributed by atoms with Crippen molar-refractivity contribution in [2.24, 2.45) is 0 Å². The Bertz CT molecular complexity index is 271. The summed E-state index contributed by atoms with van der Waals surface area (Å²) in [5, 5.41) is 1.91. The van der Waals surface area contributed by atoms with E-state index in [1.165, 1.54) is 5.56 Å². The minimum absolute atomic E-state index is 0.353. The number of nitrogens with zero attached hydrogens (tertiary/aromatic N) is 1. The Kier molecular flexibility index (Phi) is 3.32. The highest BCUT2D eigenvalue weighted by molar-refractivity contribution is 5.51. The molecule has 0 aliphatic carbocycles. The number of aryl methyl sites for hydroxylation is 1. The van der Waals surface area contributed by atoms with Gasteiger partial charge in [-0.05, 0) is 32.4 Å². The van der Waals surface area contributed by atoms with Crippen LogP contribution in [0.4, 0.5) is 5.69 Å². The SMILES string of the molecule is CON(c1ccccc1C)C(C)C. The maximum atomic E-state index is 5.31. The first kappa shape index (κ1) is 10.1. The minimum Gasteiger partial charge on any atom is -0.277 e. The summed E-state index contributed by atoms with van der Waals surface area (Å²) in [4.78, 5) is 5.31. The molecule has 0 aliphatic rings. The molecule has 1 aromatic rings. The van der Waals surface area contributed by atoms with Crippen LogP contribution in [0, 0.1) is 6.92 Å². The number of hydrogen-bond acceptors (Lipinski definition) is 2. The van der Waals surface area contributed by atoms with Crippen LogP contribution in [0.25, 0.3) is 0 Å². The molecule has 0 bridgehead atoms. The monoisotopic (exact) mass is 179 g/mol. The molecule has 13 heavy (non-hydrogen) atoms. The van der Waals surface area contributed by atoms with E-state index in [2.05, 4.69) is 32.9 Å². The van der Waals surface area contributed by atoms with Crippen molar-refractivity contribution >= 4 is 5.69 Å². The van der Waals surface area contributed by atoms with Crippen LogP contribution < -0.4 is 5.06 Å². The van der Waals surface area contributed by atoms with Crippen LogP contribution >= 0.6 is 0 Å². The van der Waals surface area contributed by atoms with Gasteiger partial charge in [0.15, 0.2) is 0 Å². The van der Waals surface area contributed by atoms with Gasteiger partial charge in [0.2, 0.25) is 0 Å². The van der Waals surface area contributed by atoms with Gasteiger partial charge in [0.05, 0.1) is 18.8 Å². The molecule has 0 radical (unpaired) electrons. The molecule has 0 heterocycles. The Morgan fingerprint density at radius 3 is 2.31 bits per heavy atom. The minimum atomic E-state index is 0.353. The fourth-order valence-corrected chi connectivity index (χ4v) is 1.40. The lowest BCUT2D eigenvalue weighted by Gasteiger charge is -2.27. The second kappa shape index (κ2) is 4.28. The third-order valence-corrected chi connectivity index (χ3v) is 2.02. The zero-order valence-electron chi connectivity index (χ0n) is 8.74. The zero-order chi connectivity index (χ0) is 9.84. The predicted octanol–water partition coefficient (Wildman–Crippen LogP) is 2.77. The molecule has 1 aromatic carbocycles. The summed E-state index contributed by atoms with van der Waals surface area (Å²) in [6.07, 6.45) is 0. The zero-order valence-corrected chi connectivity index (χ0v) is 8.74. The second-order valence-corrected chi connectivity index (χ2v) is 3.39. The maximum absolute atomic E-state index is 5.31. The van der Waals surface area contributed by atoms with Crippen LogP contribution in [0.3, 0.4) is 0 Å². The highest BCUT2D eigenvalue weighted by atomic mass is 16.7. The quantitative estimate of drug-likeness (QED) is 0.661. The molecule has 0 saturated heterocycles. The van der Waals surface area contributed by atoms with E-state index >= 15 is 0 Å². The van der Waals surface area contributed by atoms with Crippen LogP contribution in [-0.2, 0) is 4.84 Å². The van der Waals surface area contributed by atoms with Crippen molar-refractivity contribution in [3.63, 3.8) is 0 Å². The summed E-state index contributed by atoms with van der Waals surface area (Å²) in [6, 6.07) is 8.57. The smallest absolute Gasteiger partial charge is 0.0668 e. The van der Waals surface area contributed by atoms with Gasteiger partial charge in [0.25, 0.3) is 0 Å². The van der Waals surface area contributed by atoms with Crippen LogP contribution in [0.15, 0.2) is 24.3 Å². The fourth-order valence-electron chi connectivity index (χ4n) is 1.40. The number of hydroxylamine groups is 1. The maximum Gasteiger partial charge on any atom is 0.0668 e. The van der Waals surface area contributed by atoms with Gasteiger partial charge < -0.3 is 0 Å². The Hall–Kier alpha value is -1.02. The third kappa shape index (κ3) is 2.22. The number of para-hydroxylation sites is 1. The third-order valence-electron chi connectivity index (χ3n) is 2.02. The van der Waals surface area contributed by atoms with Crippen molar-refractivity contribution in [1.82, 2.24) is 0 Å². The van der Waals surface area contributed by atoms with Gasteiger partial charge in [0.1, 0.15) is 0 Å². The molecule has 1 rings (SSSR count). The molecule has 0 aromatic heterocycles. The van der Waals surface area contributed by atoms with E-state index in [0.717, 1.165) is 5.69 Å². The highest BCUT2D eigenvalue weighted by Gasteiger charge is 2.10. The van der Waals surface area contributed by atoms with Gasteiger partial charge in [-0.3, -0.25) is 9.90 Å². The lowest BCUT2D eigenvalue weighted by molar-refractivity contribution is 0.148. The summed E-state index contributed by atoms with van der Waals surface area (Å²) >= 11 is 0. The first-order chi connectivity index (χ1) is 6.16. The lowest BCUT2D eigenvalue weighted by atomic mass is 10.2. The first-order valence-corrected chi connectivity index (χ1v) is 4.55. The Morgan fingerprint density at radius 2 is 1.85 bits per heavy atom. The molecule has 0 fully saturated rings. The lowest BCUT2D eigenvalue weighted by Crippen LogP contribution is -2.29. The van der Waals surface area contributed by atoms with Gasteiger partial charge >= 0.3 is 0 Å². The number of rotatable bonds is 3. The van der Waals surface area contributed by atoms with Crippen molar-refractivity contribution in [2.75, 3.05) is 12.2 Å². The topological polar surface area (TPSA) is 12.5 Å². The van der Waals surface area contributed by atoms with E-state index in [9.17, 15) is 0 Å². The van der Waals surface area contributed by atoms with Crippen LogP contribution in [0.5, 0.6) is 0 Å². The van der Waals surface area contributed by atoms with E-state index in [4.69, 9.17) is 4.84 Å². The summed E-state index contributed by atoms with van der Waals surface area (Å²) < 4.78 is 0. The average Bonchev–Trinajstić information content (AvgIpc) is 2.09. The molecular formula is C11H17NO. The van der Waals surface area contributed by atoms with Crippen molar-refractivity contribution in [2.45, 2.75) is 26.8 Å². The second-order valence-electron chi connectivity index (χ2n) is 3.39. The Labute approximate surface area is 80.1 Å². The molecule has 2 heteroatoms. The molecule has 0 amide bonds. The number of benzene rings is 1. The molecule has 72 valence electrons. The first-order valence-electron chi connectivity index (χ1n) is 4.55. The normalized spacial score (nSPS) is 10.5. The highest BCUT2D eigenvalue weighted by Crippen LogP contribution is 2.21. The summed E-state index contributed by atoms with van der Waals surface area (Å²) in [5.41, 5.74) is 2.37. The average molecular weight is 179 g/mol. The Balaban J connectivity index is 2.97. The van der Waals surface area contributed by atoms with Gasteiger partial charge in [-0.25, -0.2) is 0 Å². The molecule has 0 unspecified atom stereocenters. The van der Waals surface area contributed by atoms with Crippen molar-refractivity contribution in [3.8, 4) is 0 Å². The number of anilines is 1. The largest absolute Gasteiger partial charge is 0.277 e. The van der Waals surface area contributed by atoms with Gasteiger partial charge in [-0.1, -0.05) is 18.2 Å². The van der Waals surface area contributed by atoms with E-state index in [1.54, 1.807) is 7.11 Å². The molecule has 0 N–H and O–H groups in total. The molecular weight excluding hydrogens is 162 g/mol. The van der Waals surface area contributed by atoms with E-state index in [1.807, 2.05) is 17.2 Å². The number of hydrogen-bond donors (Lipinski definition) is 0. The van der Waals surface area contributed by atoms with Crippen molar-refractivity contribution in [1.29, 1.82) is 0 Å². The molecule has 0 atom stereocenters. The van der Waals surface area contributed by atoms with Crippen LogP contribution in [0.2, 0.25) is 0 Å². The summed E-state index contributed by atoms with van der Waals surface area (Å²) in [7, 11) is 1.70.